The van der Waals surface area contributed by atoms with Crippen LogP contribution in [-0.2, 0) is 13.0 Å². The van der Waals surface area contributed by atoms with Crippen LogP contribution in [-0.4, -0.2) is 15.2 Å². The predicted molar refractivity (Wildman–Crippen MR) is 55.5 cm³/mol. The first-order chi connectivity index (χ1) is 6.73. The molecule has 0 radical (unpaired) electrons. The number of nitrogens with zero attached hydrogens (tertiary/aromatic N) is 2. The minimum atomic E-state index is 0.00854. The quantitative estimate of drug-likeness (QED) is 0.738. The van der Waals surface area contributed by atoms with E-state index in [1.54, 1.807) is 0 Å². The molecule has 0 amide bonds. The Bertz CT molecular complexity index is 301. The van der Waals surface area contributed by atoms with Gasteiger partial charge in [-0.2, -0.15) is 0 Å². The molecule has 1 aliphatic heterocycles. The Kier molecular flexibility index (Phi) is 2.25. The standard InChI is InChI=1S/C11H18N2O/c1-4-9-7-13-8-11(5-2,6-3)14-10(13)12-9/h7H,4-6,8H2,1-3H3. The van der Waals surface area contributed by atoms with Crippen LogP contribution >= 0.6 is 0 Å². The van der Waals surface area contributed by atoms with Gasteiger partial charge < -0.3 is 4.74 Å². The van der Waals surface area contributed by atoms with E-state index in [0.717, 1.165) is 37.5 Å². The zero-order valence-electron chi connectivity index (χ0n) is 9.21. The van der Waals surface area contributed by atoms with Gasteiger partial charge in [0, 0.05) is 6.20 Å². The molecule has 2 rings (SSSR count). The lowest BCUT2D eigenvalue weighted by Crippen LogP contribution is -2.33. The summed E-state index contributed by atoms with van der Waals surface area (Å²) in [6.45, 7) is 7.43. The van der Waals surface area contributed by atoms with E-state index in [1.807, 2.05) is 0 Å². The first-order valence-electron chi connectivity index (χ1n) is 5.48. The number of fused-ring (bicyclic) bond motifs is 1. The van der Waals surface area contributed by atoms with E-state index in [9.17, 15) is 0 Å². The van der Waals surface area contributed by atoms with Crippen molar-refractivity contribution in [2.24, 2.45) is 0 Å². The zero-order chi connectivity index (χ0) is 10.2. The van der Waals surface area contributed by atoms with Gasteiger partial charge in [-0.25, -0.2) is 4.98 Å². The fourth-order valence-electron chi connectivity index (χ4n) is 1.97. The maximum absolute atomic E-state index is 5.93. The summed E-state index contributed by atoms with van der Waals surface area (Å²) < 4.78 is 8.07. The molecule has 1 aliphatic rings. The van der Waals surface area contributed by atoms with Crippen LogP contribution in [0.5, 0.6) is 6.01 Å². The summed E-state index contributed by atoms with van der Waals surface area (Å²) in [6.07, 6.45) is 5.19. The largest absolute Gasteiger partial charge is 0.456 e. The summed E-state index contributed by atoms with van der Waals surface area (Å²) in [7, 11) is 0. The molecule has 78 valence electrons. The Hall–Kier alpha value is -0.990. The fourth-order valence-corrected chi connectivity index (χ4v) is 1.97. The van der Waals surface area contributed by atoms with Crippen LogP contribution in [0.15, 0.2) is 6.20 Å². The van der Waals surface area contributed by atoms with Gasteiger partial charge in [-0.3, -0.25) is 4.57 Å². The molecule has 0 saturated carbocycles. The molecule has 0 spiro atoms. The molecule has 0 N–H and O–H groups in total. The molecule has 0 fully saturated rings. The second-order valence-corrected chi connectivity index (χ2v) is 3.99. The molecule has 2 heterocycles. The van der Waals surface area contributed by atoms with Crippen molar-refractivity contribution in [3.05, 3.63) is 11.9 Å². The minimum Gasteiger partial charge on any atom is -0.456 e. The third-order valence-electron chi connectivity index (χ3n) is 3.21. The van der Waals surface area contributed by atoms with Gasteiger partial charge in [0.05, 0.1) is 12.2 Å². The second-order valence-electron chi connectivity index (χ2n) is 3.99. The van der Waals surface area contributed by atoms with Gasteiger partial charge in [-0.15, -0.1) is 0 Å². The fraction of sp³-hybridized carbons (Fsp3) is 0.727. The van der Waals surface area contributed by atoms with Gasteiger partial charge in [0.25, 0.3) is 6.01 Å². The number of hydrogen-bond donors (Lipinski definition) is 0. The van der Waals surface area contributed by atoms with Crippen molar-refractivity contribution in [3.63, 3.8) is 0 Å². The molecule has 0 bridgehead atoms. The van der Waals surface area contributed by atoms with E-state index >= 15 is 0 Å². The normalized spacial score (nSPS) is 17.9. The van der Waals surface area contributed by atoms with E-state index in [-0.39, 0.29) is 5.60 Å². The van der Waals surface area contributed by atoms with E-state index in [1.165, 1.54) is 0 Å². The lowest BCUT2D eigenvalue weighted by molar-refractivity contribution is 0.0788. The van der Waals surface area contributed by atoms with Crippen molar-refractivity contribution in [3.8, 4) is 6.01 Å². The highest BCUT2D eigenvalue weighted by Crippen LogP contribution is 2.33. The lowest BCUT2D eigenvalue weighted by atomic mass is 9.98. The van der Waals surface area contributed by atoms with Crippen molar-refractivity contribution in [2.75, 3.05) is 0 Å². The first-order valence-corrected chi connectivity index (χ1v) is 5.48. The second kappa shape index (κ2) is 3.30. The van der Waals surface area contributed by atoms with Crippen LogP contribution < -0.4 is 4.74 Å². The molecular weight excluding hydrogens is 176 g/mol. The third kappa shape index (κ3) is 1.31. The summed E-state index contributed by atoms with van der Waals surface area (Å²) in [5.74, 6) is 0. The number of rotatable bonds is 3. The Morgan fingerprint density at radius 2 is 2.14 bits per heavy atom. The van der Waals surface area contributed by atoms with Gasteiger partial charge in [-0.1, -0.05) is 20.8 Å². The number of ether oxygens (including phenoxy) is 1. The Morgan fingerprint density at radius 3 is 2.64 bits per heavy atom. The highest BCUT2D eigenvalue weighted by molar-refractivity contribution is 5.14. The van der Waals surface area contributed by atoms with Gasteiger partial charge in [-0.05, 0) is 19.3 Å². The van der Waals surface area contributed by atoms with Gasteiger partial charge in [0.1, 0.15) is 5.60 Å². The Morgan fingerprint density at radius 1 is 1.43 bits per heavy atom. The van der Waals surface area contributed by atoms with Crippen LogP contribution in [0.25, 0.3) is 0 Å². The predicted octanol–water partition coefficient (Wildman–Crippen LogP) is 2.40. The maximum Gasteiger partial charge on any atom is 0.297 e. The summed E-state index contributed by atoms with van der Waals surface area (Å²) in [4.78, 5) is 4.44. The van der Waals surface area contributed by atoms with Gasteiger partial charge in [0.15, 0.2) is 0 Å². The number of imidazole rings is 1. The van der Waals surface area contributed by atoms with E-state index < -0.39 is 0 Å². The molecule has 0 saturated heterocycles. The summed E-state index contributed by atoms with van der Waals surface area (Å²) in [5.41, 5.74) is 1.13. The van der Waals surface area contributed by atoms with E-state index in [2.05, 4.69) is 36.5 Å². The highest BCUT2D eigenvalue weighted by Gasteiger charge is 2.37. The van der Waals surface area contributed by atoms with Gasteiger partial charge in [0.2, 0.25) is 0 Å². The molecule has 3 nitrogen and oxygen atoms in total. The summed E-state index contributed by atoms with van der Waals surface area (Å²) in [5, 5.41) is 0. The van der Waals surface area contributed by atoms with Crippen molar-refractivity contribution in [1.29, 1.82) is 0 Å². The monoisotopic (exact) mass is 194 g/mol. The zero-order valence-corrected chi connectivity index (χ0v) is 9.21. The molecule has 0 atom stereocenters. The number of hydrogen-bond acceptors (Lipinski definition) is 2. The molecular formula is C11H18N2O. The van der Waals surface area contributed by atoms with E-state index in [4.69, 9.17) is 4.74 Å². The van der Waals surface area contributed by atoms with Crippen molar-refractivity contribution in [1.82, 2.24) is 9.55 Å². The van der Waals surface area contributed by atoms with Crippen molar-refractivity contribution in [2.45, 2.75) is 52.2 Å². The van der Waals surface area contributed by atoms with Crippen LogP contribution in [0.4, 0.5) is 0 Å². The summed E-state index contributed by atoms with van der Waals surface area (Å²) >= 11 is 0. The van der Waals surface area contributed by atoms with Gasteiger partial charge >= 0.3 is 0 Å². The molecule has 3 heteroatoms. The van der Waals surface area contributed by atoms with E-state index in [0.29, 0.717) is 0 Å². The molecule has 0 aromatic carbocycles. The number of aryl methyl sites for hydroxylation is 1. The SMILES string of the molecule is CCc1cn2c(n1)OC(CC)(CC)C2. The van der Waals surface area contributed by atoms with Crippen LogP contribution in [0.2, 0.25) is 0 Å². The average molecular weight is 194 g/mol. The number of aromatic nitrogens is 2. The lowest BCUT2D eigenvalue weighted by Gasteiger charge is -2.24. The molecule has 1 aromatic rings. The maximum atomic E-state index is 5.93. The van der Waals surface area contributed by atoms with Crippen LogP contribution in [0.1, 0.15) is 39.3 Å². The topological polar surface area (TPSA) is 27.1 Å². The van der Waals surface area contributed by atoms with Crippen LogP contribution in [0.3, 0.4) is 0 Å². The van der Waals surface area contributed by atoms with Crippen LogP contribution in [0, 0.1) is 0 Å². The molecule has 1 aromatic heterocycles. The molecule has 0 unspecified atom stereocenters. The smallest absolute Gasteiger partial charge is 0.297 e. The summed E-state index contributed by atoms with van der Waals surface area (Å²) in [6, 6.07) is 0.811. The average Bonchev–Trinajstić information content (AvgIpc) is 2.72. The highest BCUT2D eigenvalue weighted by atomic mass is 16.5. The van der Waals surface area contributed by atoms with Crippen molar-refractivity contribution >= 4 is 0 Å². The molecule has 0 aliphatic carbocycles. The Balaban J connectivity index is 2.22. The molecule has 14 heavy (non-hydrogen) atoms. The minimum absolute atomic E-state index is 0.00854. The Labute approximate surface area is 85.1 Å². The first kappa shape index (κ1) is 9.56. The van der Waals surface area contributed by atoms with Crippen molar-refractivity contribution < 1.29 is 4.74 Å². The third-order valence-corrected chi connectivity index (χ3v) is 3.21.